The fraction of sp³-hybridized carbons (Fsp3) is 0.231. The molecular weight excluding hydrogens is 305 g/mol. The van der Waals surface area contributed by atoms with Crippen molar-refractivity contribution in [2.75, 3.05) is 17.2 Å². The molecule has 1 aromatic carbocycles. The summed E-state index contributed by atoms with van der Waals surface area (Å²) in [6.45, 7) is 2.59. The van der Waals surface area contributed by atoms with Gasteiger partial charge in [0.05, 0.1) is 28.7 Å². The first-order chi connectivity index (χ1) is 9.90. The molecule has 8 heteroatoms. The first kappa shape index (κ1) is 15.4. The van der Waals surface area contributed by atoms with Crippen LogP contribution in [0.25, 0.3) is 0 Å². The van der Waals surface area contributed by atoms with Gasteiger partial charge in [0.2, 0.25) is 0 Å². The van der Waals surface area contributed by atoms with Gasteiger partial charge in [0, 0.05) is 6.54 Å². The minimum absolute atomic E-state index is 0.0412. The number of hydrogen-bond acceptors (Lipinski definition) is 4. The van der Waals surface area contributed by atoms with Crippen LogP contribution in [0.5, 0.6) is 0 Å². The summed E-state index contributed by atoms with van der Waals surface area (Å²) in [4.78, 5) is 8.18. The van der Waals surface area contributed by atoms with Crippen molar-refractivity contribution in [3.63, 3.8) is 0 Å². The third-order valence-electron chi connectivity index (χ3n) is 2.55. The molecule has 1 aromatic heterocycles. The van der Waals surface area contributed by atoms with E-state index >= 15 is 0 Å². The van der Waals surface area contributed by atoms with Crippen LogP contribution in [-0.4, -0.2) is 16.5 Å². The van der Waals surface area contributed by atoms with E-state index in [1.165, 1.54) is 12.3 Å². The molecule has 21 heavy (non-hydrogen) atoms. The van der Waals surface area contributed by atoms with Gasteiger partial charge >= 0.3 is 6.18 Å². The second-order valence-electron chi connectivity index (χ2n) is 4.14. The number of hydrogen-bond donors (Lipinski definition) is 2. The summed E-state index contributed by atoms with van der Waals surface area (Å²) in [5, 5.41) is 5.78. The summed E-state index contributed by atoms with van der Waals surface area (Å²) < 4.78 is 37.7. The quantitative estimate of drug-likeness (QED) is 0.881. The van der Waals surface area contributed by atoms with E-state index < -0.39 is 11.7 Å². The molecule has 0 amide bonds. The Balaban J connectivity index is 2.22. The molecule has 2 N–H and O–H groups in total. The molecule has 0 saturated heterocycles. The highest BCUT2D eigenvalue weighted by atomic mass is 35.5. The second kappa shape index (κ2) is 6.17. The highest BCUT2D eigenvalue weighted by Crippen LogP contribution is 2.34. The average Bonchev–Trinajstić information content (AvgIpc) is 2.41. The molecule has 2 rings (SSSR count). The van der Waals surface area contributed by atoms with Gasteiger partial charge in [0.1, 0.15) is 5.82 Å². The Morgan fingerprint density at radius 1 is 1.19 bits per heavy atom. The zero-order valence-electron chi connectivity index (χ0n) is 11.0. The number of nitrogens with one attached hydrogen (secondary N) is 2. The van der Waals surface area contributed by atoms with Crippen molar-refractivity contribution in [3.8, 4) is 0 Å². The maximum atomic E-state index is 12.6. The lowest BCUT2D eigenvalue weighted by Crippen LogP contribution is -2.06. The average molecular weight is 317 g/mol. The Bertz CT molecular complexity index is 631. The lowest BCUT2D eigenvalue weighted by molar-refractivity contribution is -0.137. The smallest absolute Gasteiger partial charge is 0.369 e. The van der Waals surface area contributed by atoms with E-state index in [-0.39, 0.29) is 5.02 Å². The zero-order valence-corrected chi connectivity index (χ0v) is 11.8. The molecule has 0 aliphatic heterocycles. The molecule has 0 bridgehead atoms. The summed E-state index contributed by atoms with van der Waals surface area (Å²) >= 11 is 5.86. The van der Waals surface area contributed by atoms with Gasteiger partial charge in [-0.15, -0.1) is 0 Å². The predicted octanol–water partition coefficient (Wildman–Crippen LogP) is 4.32. The van der Waals surface area contributed by atoms with Crippen molar-refractivity contribution in [3.05, 3.63) is 41.2 Å². The molecule has 0 fully saturated rings. The van der Waals surface area contributed by atoms with Crippen molar-refractivity contribution in [1.29, 1.82) is 0 Å². The van der Waals surface area contributed by atoms with Crippen molar-refractivity contribution < 1.29 is 13.2 Å². The van der Waals surface area contributed by atoms with Gasteiger partial charge < -0.3 is 10.6 Å². The maximum absolute atomic E-state index is 12.6. The van der Waals surface area contributed by atoms with Gasteiger partial charge in [0.25, 0.3) is 0 Å². The minimum Gasteiger partial charge on any atom is -0.369 e. The van der Waals surface area contributed by atoms with Crippen molar-refractivity contribution in [1.82, 2.24) is 9.97 Å². The topological polar surface area (TPSA) is 49.8 Å². The molecule has 0 aliphatic carbocycles. The SMILES string of the molecule is CCNc1cncc(Nc2ccc(C(F)(F)F)cc2Cl)n1. The third kappa shape index (κ3) is 3.98. The number of alkyl halides is 3. The van der Waals surface area contributed by atoms with E-state index in [2.05, 4.69) is 20.6 Å². The van der Waals surface area contributed by atoms with Gasteiger partial charge in [-0.25, -0.2) is 4.98 Å². The summed E-state index contributed by atoms with van der Waals surface area (Å²) in [5.74, 6) is 0.945. The van der Waals surface area contributed by atoms with Crippen LogP contribution in [0, 0.1) is 0 Å². The first-order valence-electron chi connectivity index (χ1n) is 6.10. The Kier molecular flexibility index (Phi) is 4.52. The number of nitrogens with zero attached hydrogens (tertiary/aromatic N) is 2. The highest BCUT2D eigenvalue weighted by Gasteiger charge is 2.30. The van der Waals surface area contributed by atoms with Crippen LogP contribution in [-0.2, 0) is 6.18 Å². The summed E-state index contributed by atoms with van der Waals surface area (Å²) in [6.07, 6.45) is -1.43. The van der Waals surface area contributed by atoms with Gasteiger partial charge in [0.15, 0.2) is 5.82 Å². The van der Waals surface area contributed by atoms with Crippen LogP contribution >= 0.6 is 11.6 Å². The lowest BCUT2D eigenvalue weighted by atomic mass is 10.2. The fourth-order valence-corrected chi connectivity index (χ4v) is 1.85. The standard InChI is InChI=1S/C13H12ClF3N4/c1-2-19-11-6-18-7-12(21-11)20-10-4-3-8(5-9(10)14)13(15,16)17/h3-7H,2H2,1H3,(H2,19,20,21). The van der Waals surface area contributed by atoms with Gasteiger partial charge in [-0.2, -0.15) is 13.2 Å². The summed E-state index contributed by atoms with van der Waals surface area (Å²) in [7, 11) is 0. The minimum atomic E-state index is -4.42. The second-order valence-corrected chi connectivity index (χ2v) is 4.54. The van der Waals surface area contributed by atoms with Crippen molar-refractivity contribution >= 4 is 28.9 Å². The summed E-state index contributed by atoms with van der Waals surface area (Å²) in [5.41, 5.74) is -0.474. The van der Waals surface area contributed by atoms with Crippen LogP contribution in [0.3, 0.4) is 0 Å². The number of halogens is 4. The first-order valence-corrected chi connectivity index (χ1v) is 6.47. The third-order valence-corrected chi connectivity index (χ3v) is 2.86. The van der Waals surface area contributed by atoms with Crippen LogP contribution in [0.4, 0.5) is 30.5 Å². The Morgan fingerprint density at radius 3 is 2.52 bits per heavy atom. The van der Waals surface area contributed by atoms with E-state index in [9.17, 15) is 13.2 Å². The molecule has 0 saturated carbocycles. The molecule has 4 nitrogen and oxygen atoms in total. The molecular formula is C13H12ClF3N4. The largest absolute Gasteiger partial charge is 0.416 e. The highest BCUT2D eigenvalue weighted by molar-refractivity contribution is 6.33. The van der Waals surface area contributed by atoms with Gasteiger partial charge in [-0.05, 0) is 25.1 Å². The fourth-order valence-electron chi connectivity index (χ4n) is 1.62. The van der Waals surface area contributed by atoms with Crippen LogP contribution in [0.2, 0.25) is 5.02 Å². The Hall–Kier alpha value is -2.02. The predicted molar refractivity (Wildman–Crippen MR) is 75.9 cm³/mol. The summed E-state index contributed by atoms with van der Waals surface area (Å²) in [6, 6.07) is 3.08. The maximum Gasteiger partial charge on any atom is 0.416 e. The van der Waals surface area contributed by atoms with Crippen LogP contribution in [0.1, 0.15) is 12.5 Å². The number of aromatic nitrogens is 2. The van der Waals surface area contributed by atoms with E-state index in [1.54, 1.807) is 6.20 Å². The van der Waals surface area contributed by atoms with E-state index in [4.69, 9.17) is 11.6 Å². The molecule has 0 spiro atoms. The van der Waals surface area contributed by atoms with Gasteiger partial charge in [-0.3, -0.25) is 4.98 Å². The molecule has 0 unspecified atom stereocenters. The number of anilines is 3. The normalized spacial score (nSPS) is 11.3. The van der Waals surface area contributed by atoms with Crippen LogP contribution < -0.4 is 10.6 Å². The monoisotopic (exact) mass is 316 g/mol. The number of rotatable bonds is 4. The lowest BCUT2D eigenvalue weighted by Gasteiger charge is -2.11. The molecule has 2 aromatic rings. The molecule has 0 aliphatic rings. The van der Waals surface area contributed by atoms with Crippen molar-refractivity contribution in [2.45, 2.75) is 13.1 Å². The number of benzene rings is 1. The molecule has 112 valence electrons. The molecule has 1 heterocycles. The van der Waals surface area contributed by atoms with E-state index in [0.717, 1.165) is 12.1 Å². The van der Waals surface area contributed by atoms with Gasteiger partial charge in [-0.1, -0.05) is 11.6 Å². The Labute approximate surface area is 124 Å². The van der Waals surface area contributed by atoms with Crippen LogP contribution in [0.15, 0.2) is 30.6 Å². The zero-order chi connectivity index (χ0) is 15.5. The van der Waals surface area contributed by atoms with E-state index in [1.807, 2.05) is 6.92 Å². The van der Waals surface area contributed by atoms with E-state index in [0.29, 0.717) is 23.9 Å². The Morgan fingerprint density at radius 2 is 1.90 bits per heavy atom. The van der Waals surface area contributed by atoms with Crippen molar-refractivity contribution in [2.24, 2.45) is 0 Å². The molecule has 0 radical (unpaired) electrons. The molecule has 0 atom stereocenters.